The van der Waals surface area contributed by atoms with Crippen molar-refractivity contribution in [2.45, 2.75) is 12.8 Å². The fourth-order valence-electron chi connectivity index (χ4n) is 3.45. The van der Waals surface area contributed by atoms with E-state index in [4.69, 9.17) is 21.4 Å². The van der Waals surface area contributed by atoms with Crippen molar-refractivity contribution in [3.63, 3.8) is 0 Å². The van der Waals surface area contributed by atoms with Gasteiger partial charge in [-0.2, -0.15) is 13.2 Å². The normalized spacial score (nSPS) is 11.3. The standard InChI is InChI=1S/C26H17ClF3NO3/c27-23-12-16(6-9-21(23)18-7-11-24(25(32)33)31-14-18)15-34-19-8-10-20(17-4-2-1-3-5-17)22(13-19)26(28,29)30/h1-14H,15H2,(H,32,33). The number of nitrogens with zero attached hydrogens (tertiary/aromatic N) is 1. The Morgan fingerprint density at radius 1 is 0.912 bits per heavy atom. The molecule has 0 fully saturated rings. The van der Waals surface area contributed by atoms with Crippen molar-refractivity contribution in [2.24, 2.45) is 0 Å². The van der Waals surface area contributed by atoms with Gasteiger partial charge in [-0.15, -0.1) is 0 Å². The summed E-state index contributed by atoms with van der Waals surface area (Å²) in [5, 5.41) is 9.34. The third-order valence-electron chi connectivity index (χ3n) is 5.11. The molecule has 0 saturated carbocycles. The molecule has 0 amide bonds. The van der Waals surface area contributed by atoms with Gasteiger partial charge in [-0.25, -0.2) is 9.78 Å². The average molecular weight is 484 g/mol. The van der Waals surface area contributed by atoms with Crippen LogP contribution in [0, 0.1) is 0 Å². The number of benzene rings is 3. The number of ether oxygens (including phenoxy) is 1. The Balaban J connectivity index is 1.53. The minimum Gasteiger partial charge on any atom is -0.489 e. The third kappa shape index (κ3) is 5.21. The Kier molecular flexibility index (Phi) is 6.56. The molecule has 8 heteroatoms. The second-order valence-corrected chi connectivity index (χ2v) is 7.82. The molecule has 1 heterocycles. The van der Waals surface area contributed by atoms with Crippen LogP contribution in [-0.4, -0.2) is 16.1 Å². The van der Waals surface area contributed by atoms with Gasteiger partial charge >= 0.3 is 12.1 Å². The van der Waals surface area contributed by atoms with E-state index in [-0.39, 0.29) is 23.6 Å². The van der Waals surface area contributed by atoms with Gasteiger partial charge in [-0.3, -0.25) is 0 Å². The molecule has 0 aliphatic carbocycles. The van der Waals surface area contributed by atoms with Crippen LogP contribution in [0.2, 0.25) is 5.02 Å². The molecule has 3 aromatic carbocycles. The smallest absolute Gasteiger partial charge is 0.417 e. The SMILES string of the molecule is O=C(O)c1ccc(-c2ccc(COc3ccc(-c4ccccc4)c(C(F)(F)F)c3)cc2Cl)cn1. The first kappa shape index (κ1) is 23.3. The molecule has 172 valence electrons. The van der Waals surface area contributed by atoms with E-state index in [1.54, 1.807) is 54.6 Å². The molecule has 0 radical (unpaired) electrons. The second kappa shape index (κ2) is 9.57. The predicted octanol–water partition coefficient (Wildman–Crippen LogP) is 7.37. The summed E-state index contributed by atoms with van der Waals surface area (Å²) in [4.78, 5) is 14.8. The molecule has 4 nitrogen and oxygen atoms in total. The van der Waals surface area contributed by atoms with Crippen molar-refractivity contribution in [3.8, 4) is 28.0 Å². The molecule has 0 spiro atoms. The van der Waals surface area contributed by atoms with Crippen LogP contribution in [0.1, 0.15) is 21.6 Å². The van der Waals surface area contributed by atoms with Crippen molar-refractivity contribution in [1.82, 2.24) is 4.98 Å². The molecule has 4 aromatic rings. The molecule has 0 unspecified atom stereocenters. The van der Waals surface area contributed by atoms with Crippen LogP contribution in [0.4, 0.5) is 13.2 Å². The van der Waals surface area contributed by atoms with Crippen molar-refractivity contribution in [1.29, 1.82) is 0 Å². The van der Waals surface area contributed by atoms with Gasteiger partial charge in [0.25, 0.3) is 0 Å². The number of hydrogen-bond donors (Lipinski definition) is 1. The van der Waals surface area contributed by atoms with Crippen LogP contribution >= 0.6 is 11.6 Å². The van der Waals surface area contributed by atoms with Crippen LogP contribution in [0.3, 0.4) is 0 Å². The first-order valence-corrected chi connectivity index (χ1v) is 10.5. The van der Waals surface area contributed by atoms with E-state index in [1.165, 1.54) is 24.4 Å². The number of carboxylic acid groups (broad SMARTS) is 1. The van der Waals surface area contributed by atoms with Crippen LogP contribution < -0.4 is 4.74 Å². The van der Waals surface area contributed by atoms with E-state index in [9.17, 15) is 18.0 Å². The molecule has 0 atom stereocenters. The number of hydrogen-bond acceptors (Lipinski definition) is 3. The Morgan fingerprint density at radius 2 is 1.65 bits per heavy atom. The lowest BCUT2D eigenvalue weighted by molar-refractivity contribution is -0.137. The zero-order valence-electron chi connectivity index (χ0n) is 17.5. The van der Waals surface area contributed by atoms with Crippen molar-refractivity contribution in [3.05, 3.63) is 107 Å². The highest BCUT2D eigenvalue weighted by atomic mass is 35.5. The number of carboxylic acids is 1. The molecule has 0 aliphatic heterocycles. The predicted molar refractivity (Wildman–Crippen MR) is 123 cm³/mol. The van der Waals surface area contributed by atoms with Crippen LogP contribution in [0.15, 0.2) is 85.1 Å². The summed E-state index contributed by atoms with van der Waals surface area (Å²) in [5.41, 5.74) is 1.62. The lowest BCUT2D eigenvalue weighted by atomic mass is 9.99. The van der Waals surface area contributed by atoms with E-state index < -0.39 is 17.7 Å². The highest BCUT2D eigenvalue weighted by molar-refractivity contribution is 6.33. The summed E-state index contributed by atoms with van der Waals surface area (Å²) >= 11 is 6.37. The summed E-state index contributed by atoms with van der Waals surface area (Å²) in [6.07, 6.45) is -3.13. The van der Waals surface area contributed by atoms with Gasteiger partial charge in [0.15, 0.2) is 0 Å². The molecule has 34 heavy (non-hydrogen) atoms. The van der Waals surface area contributed by atoms with E-state index in [1.807, 2.05) is 0 Å². The number of aromatic carboxylic acids is 1. The molecular formula is C26H17ClF3NO3. The van der Waals surface area contributed by atoms with E-state index >= 15 is 0 Å². The van der Waals surface area contributed by atoms with Gasteiger partial charge in [-0.1, -0.05) is 66.2 Å². The molecule has 0 aliphatic rings. The minimum atomic E-state index is -4.54. The second-order valence-electron chi connectivity index (χ2n) is 7.41. The van der Waals surface area contributed by atoms with Crippen LogP contribution in [0.25, 0.3) is 22.3 Å². The summed E-state index contributed by atoms with van der Waals surface area (Å²) in [6, 6.07) is 20.3. The van der Waals surface area contributed by atoms with Gasteiger partial charge in [-0.05, 0) is 41.0 Å². The van der Waals surface area contributed by atoms with Crippen molar-refractivity contribution < 1.29 is 27.8 Å². The minimum absolute atomic E-state index is 0.0121. The number of aromatic nitrogens is 1. The van der Waals surface area contributed by atoms with E-state index in [2.05, 4.69) is 4.98 Å². The maximum atomic E-state index is 13.7. The molecule has 0 bridgehead atoms. The van der Waals surface area contributed by atoms with Gasteiger partial charge in [0, 0.05) is 22.3 Å². The van der Waals surface area contributed by atoms with Crippen LogP contribution in [-0.2, 0) is 12.8 Å². The molecule has 0 saturated heterocycles. The quantitative estimate of drug-likeness (QED) is 0.311. The first-order chi connectivity index (χ1) is 16.2. The van der Waals surface area contributed by atoms with Gasteiger partial charge < -0.3 is 9.84 Å². The zero-order chi connectivity index (χ0) is 24.3. The number of carbonyl (C=O) groups is 1. The Hall–Kier alpha value is -3.84. The van der Waals surface area contributed by atoms with Crippen molar-refractivity contribution >= 4 is 17.6 Å². The Labute approximate surface area is 198 Å². The van der Waals surface area contributed by atoms with Gasteiger partial charge in [0.05, 0.1) is 5.56 Å². The number of rotatable bonds is 6. The fourth-order valence-corrected chi connectivity index (χ4v) is 3.76. The van der Waals surface area contributed by atoms with E-state index in [0.29, 0.717) is 27.3 Å². The third-order valence-corrected chi connectivity index (χ3v) is 5.43. The first-order valence-electron chi connectivity index (χ1n) is 10.1. The summed E-state index contributed by atoms with van der Waals surface area (Å²) in [7, 11) is 0. The number of pyridine rings is 1. The largest absolute Gasteiger partial charge is 0.489 e. The monoisotopic (exact) mass is 483 g/mol. The highest BCUT2D eigenvalue weighted by Gasteiger charge is 2.34. The molecule has 1 aromatic heterocycles. The Morgan fingerprint density at radius 3 is 2.26 bits per heavy atom. The summed E-state index contributed by atoms with van der Waals surface area (Å²) < 4.78 is 46.7. The molecule has 4 rings (SSSR count). The fraction of sp³-hybridized carbons (Fsp3) is 0.0769. The zero-order valence-corrected chi connectivity index (χ0v) is 18.3. The lowest BCUT2D eigenvalue weighted by Gasteiger charge is -2.16. The molecule has 1 N–H and O–H groups in total. The topological polar surface area (TPSA) is 59.4 Å². The van der Waals surface area contributed by atoms with E-state index in [0.717, 1.165) is 6.07 Å². The van der Waals surface area contributed by atoms with Crippen molar-refractivity contribution in [2.75, 3.05) is 0 Å². The maximum absolute atomic E-state index is 13.7. The summed E-state index contributed by atoms with van der Waals surface area (Å²) in [5.74, 6) is -1.05. The van der Waals surface area contributed by atoms with Gasteiger partial charge in [0.2, 0.25) is 0 Å². The summed E-state index contributed by atoms with van der Waals surface area (Å²) in [6.45, 7) is 0.0121. The highest BCUT2D eigenvalue weighted by Crippen LogP contribution is 2.39. The lowest BCUT2D eigenvalue weighted by Crippen LogP contribution is -2.08. The molecular weight excluding hydrogens is 467 g/mol. The average Bonchev–Trinajstić information content (AvgIpc) is 2.83. The number of alkyl halides is 3. The Bertz CT molecular complexity index is 1320. The van der Waals surface area contributed by atoms with Gasteiger partial charge in [0.1, 0.15) is 18.1 Å². The number of halogens is 4. The van der Waals surface area contributed by atoms with Crippen LogP contribution in [0.5, 0.6) is 5.75 Å². The maximum Gasteiger partial charge on any atom is 0.417 e.